The maximum atomic E-state index is 15.0. The van der Waals surface area contributed by atoms with Crippen molar-refractivity contribution in [2.75, 3.05) is 6.61 Å². The fourth-order valence-corrected chi connectivity index (χ4v) is 6.83. The number of phenolic OH excluding ortho intramolecular Hbond substituents is 5. The van der Waals surface area contributed by atoms with Gasteiger partial charge in [0.2, 0.25) is 6.29 Å². The van der Waals surface area contributed by atoms with Crippen LogP contribution >= 0.6 is 0 Å². The molecule has 1 saturated heterocycles. The number of fused-ring (bicyclic) bond motifs is 2. The molecule has 0 amide bonds. The van der Waals surface area contributed by atoms with Crippen LogP contribution in [0.3, 0.4) is 0 Å². The molecule has 3 aliphatic rings. The van der Waals surface area contributed by atoms with Gasteiger partial charge < -0.3 is 64.9 Å². The fourth-order valence-electron chi connectivity index (χ4n) is 6.83. The molecule has 0 aliphatic carbocycles. The molecular weight excluding hydrogens is 672 g/mol. The minimum Gasteiger partial charge on any atom is -0.508 e. The Morgan fingerprint density at radius 2 is 1.08 bits per heavy atom. The second kappa shape index (κ2) is 12.9. The zero-order chi connectivity index (χ0) is 36.3. The zero-order valence-corrected chi connectivity index (χ0v) is 26.3. The van der Waals surface area contributed by atoms with Crippen molar-refractivity contribution >= 4 is 11.6 Å². The normalized spacial score (nSPS) is 28.6. The van der Waals surface area contributed by atoms with E-state index >= 15 is 4.79 Å². The molecule has 0 aromatic heterocycles. The second-order valence-electron chi connectivity index (χ2n) is 12.5. The van der Waals surface area contributed by atoms with Gasteiger partial charge in [0, 0.05) is 24.3 Å². The molecule has 0 radical (unpaired) electrons. The summed E-state index contributed by atoms with van der Waals surface area (Å²) in [5, 5.41) is 92.7. The van der Waals surface area contributed by atoms with Crippen molar-refractivity contribution in [3.63, 3.8) is 0 Å². The number of rotatable bonds is 6. The summed E-state index contributed by atoms with van der Waals surface area (Å²) in [7, 11) is 0. The van der Waals surface area contributed by atoms with Gasteiger partial charge in [0.15, 0.2) is 11.6 Å². The molecule has 3 aliphatic heterocycles. The fraction of sp³-hybridized carbons (Fsp3) is 0.278. The van der Waals surface area contributed by atoms with Crippen molar-refractivity contribution in [3.05, 3.63) is 95.1 Å². The average Bonchev–Trinajstić information content (AvgIpc) is 3.09. The second-order valence-corrected chi connectivity index (χ2v) is 12.5. The van der Waals surface area contributed by atoms with Crippen LogP contribution in [-0.4, -0.2) is 94.8 Å². The molecule has 9 atom stereocenters. The van der Waals surface area contributed by atoms with Gasteiger partial charge in [-0.3, -0.25) is 9.59 Å². The van der Waals surface area contributed by atoms with Gasteiger partial charge in [-0.15, -0.1) is 0 Å². The maximum Gasteiger partial charge on any atom is 0.229 e. The largest absolute Gasteiger partial charge is 0.508 e. The molecule has 0 saturated carbocycles. The molecule has 9 N–H and O–H groups in total. The lowest BCUT2D eigenvalue weighted by atomic mass is 9.69. The van der Waals surface area contributed by atoms with Crippen molar-refractivity contribution < 1.29 is 74.5 Å². The van der Waals surface area contributed by atoms with Crippen molar-refractivity contribution in [2.24, 2.45) is 11.8 Å². The Morgan fingerprint density at radius 1 is 0.588 bits per heavy atom. The van der Waals surface area contributed by atoms with E-state index in [-0.39, 0.29) is 34.1 Å². The van der Waals surface area contributed by atoms with Crippen LogP contribution in [0.4, 0.5) is 0 Å². The molecule has 3 heterocycles. The SMILES string of the molecule is O=C1c2c(O)cc(O)cc2O[C@H](c2ccc(O)cc2)[C@H]1[C@H]1C(=O)c2c(O[C@H]3O[C@@H](CO)[C@H](O)[C@@H](O)[C@@H]3O)cc(O)cc2O[C@@H]1c1ccc(O)cc1. The number of benzene rings is 4. The van der Waals surface area contributed by atoms with E-state index in [0.717, 1.165) is 24.3 Å². The van der Waals surface area contributed by atoms with Crippen molar-refractivity contribution in [2.45, 2.75) is 42.9 Å². The quantitative estimate of drug-likeness (QED) is 0.139. The predicted molar refractivity (Wildman–Crippen MR) is 171 cm³/mol. The molecule has 51 heavy (non-hydrogen) atoms. The van der Waals surface area contributed by atoms with E-state index in [2.05, 4.69) is 0 Å². The van der Waals surface area contributed by atoms with Gasteiger partial charge in [-0.1, -0.05) is 24.3 Å². The summed E-state index contributed by atoms with van der Waals surface area (Å²) in [5.41, 5.74) is 0.00265. The highest BCUT2D eigenvalue weighted by Crippen LogP contribution is 2.54. The van der Waals surface area contributed by atoms with Gasteiger partial charge >= 0.3 is 0 Å². The first-order valence-electron chi connectivity index (χ1n) is 15.8. The summed E-state index contributed by atoms with van der Waals surface area (Å²) in [6.07, 6.45) is -11.1. The highest BCUT2D eigenvalue weighted by Gasteiger charge is 2.54. The molecule has 266 valence electrons. The van der Waals surface area contributed by atoms with E-state index in [0.29, 0.717) is 11.1 Å². The molecule has 15 nitrogen and oxygen atoms in total. The minimum atomic E-state index is -1.89. The summed E-state index contributed by atoms with van der Waals surface area (Å²) in [6.45, 7) is -0.768. The number of ether oxygens (including phenoxy) is 4. The van der Waals surface area contributed by atoms with Crippen LogP contribution in [-0.2, 0) is 4.74 Å². The van der Waals surface area contributed by atoms with Crippen LogP contribution < -0.4 is 14.2 Å². The number of aliphatic hydroxyl groups is 4. The van der Waals surface area contributed by atoms with Crippen LogP contribution in [0.15, 0.2) is 72.8 Å². The first kappa shape index (κ1) is 33.9. The molecule has 0 bridgehead atoms. The Balaban J connectivity index is 1.40. The Morgan fingerprint density at radius 3 is 1.61 bits per heavy atom. The Labute approximate surface area is 288 Å². The molecule has 0 spiro atoms. The molecular formula is C36H32O15. The molecule has 4 aromatic rings. The number of carbonyl (C=O) groups excluding carboxylic acids is 2. The smallest absolute Gasteiger partial charge is 0.229 e. The van der Waals surface area contributed by atoms with E-state index in [1.54, 1.807) is 0 Å². The van der Waals surface area contributed by atoms with Crippen molar-refractivity contribution in [1.82, 2.24) is 0 Å². The third kappa shape index (κ3) is 5.90. The number of Topliss-reactive ketones (excluding diaryl/α,β-unsaturated/α-hetero) is 2. The van der Waals surface area contributed by atoms with Crippen LogP contribution in [0.2, 0.25) is 0 Å². The summed E-state index contributed by atoms with van der Waals surface area (Å²) in [4.78, 5) is 29.6. The van der Waals surface area contributed by atoms with E-state index in [9.17, 15) is 50.8 Å². The standard InChI is InChI=1S/C36H32O15/c37-13-24-29(43)32(46)33(47)36(51-24)50-23-12-19(41)11-22-26(23)31(45)28(35(49-22)15-3-7-17(39)8-4-15)27-30(44)25-20(42)9-18(40)10-21(25)48-34(27)14-1-5-16(38)6-2-14/h1-12,24,27-29,32-43,46-47H,13H2/t24-,27-,28-,29-,32+,33-,34+,35+,36-/m0/s1. The molecule has 15 heteroatoms. The zero-order valence-electron chi connectivity index (χ0n) is 26.3. The molecule has 0 unspecified atom stereocenters. The predicted octanol–water partition coefficient (Wildman–Crippen LogP) is 1.96. The van der Waals surface area contributed by atoms with E-state index in [1.807, 2.05) is 0 Å². The van der Waals surface area contributed by atoms with Crippen LogP contribution in [0.5, 0.6) is 46.0 Å². The Bertz CT molecular complexity index is 1980. The number of ketones is 2. The van der Waals surface area contributed by atoms with Gasteiger partial charge in [-0.25, -0.2) is 0 Å². The summed E-state index contributed by atoms with van der Waals surface area (Å²) in [5.74, 6) is -7.02. The lowest BCUT2D eigenvalue weighted by molar-refractivity contribution is -0.277. The third-order valence-electron chi connectivity index (χ3n) is 9.30. The van der Waals surface area contributed by atoms with Gasteiger partial charge in [0.25, 0.3) is 0 Å². The Kier molecular flexibility index (Phi) is 8.61. The van der Waals surface area contributed by atoms with Gasteiger partial charge in [-0.2, -0.15) is 0 Å². The number of hydrogen-bond acceptors (Lipinski definition) is 15. The highest BCUT2D eigenvalue weighted by molar-refractivity contribution is 6.11. The summed E-state index contributed by atoms with van der Waals surface area (Å²) in [6, 6.07) is 15.5. The summed E-state index contributed by atoms with van der Waals surface area (Å²) >= 11 is 0. The van der Waals surface area contributed by atoms with Gasteiger partial charge in [-0.05, 0) is 35.4 Å². The van der Waals surface area contributed by atoms with E-state index < -0.39 is 95.9 Å². The lowest BCUT2D eigenvalue weighted by Crippen LogP contribution is -2.60. The number of aliphatic hydroxyl groups excluding tert-OH is 4. The molecule has 7 rings (SSSR count). The van der Waals surface area contributed by atoms with E-state index in [1.165, 1.54) is 48.5 Å². The lowest BCUT2D eigenvalue weighted by Gasteiger charge is -2.43. The average molecular weight is 705 g/mol. The topological polar surface area (TPSA) is 253 Å². The van der Waals surface area contributed by atoms with Crippen molar-refractivity contribution in [3.8, 4) is 46.0 Å². The maximum absolute atomic E-state index is 15.0. The van der Waals surface area contributed by atoms with Crippen LogP contribution in [0.1, 0.15) is 44.1 Å². The number of aromatic hydroxyl groups is 5. The summed E-state index contributed by atoms with van der Waals surface area (Å²) < 4.78 is 23.9. The van der Waals surface area contributed by atoms with Gasteiger partial charge in [0.1, 0.15) is 93.7 Å². The number of phenols is 5. The number of hydrogen-bond donors (Lipinski definition) is 9. The molecule has 1 fully saturated rings. The monoisotopic (exact) mass is 704 g/mol. The van der Waals surface area contributed by atoms with Crippen molar-refractivity contribution in [1.29, 1.82) is 0 Å². The van der Waals surface area contributed by atoms with Gasteiger partial charge in [0.05, 0.1) is 18.4 Å². The highest BCUT2D eigenvalue weighted by atomic mass is 16.7. The van der Waals surface area contributed by atoms with Crippen LogP contribution in [0, 0.1) is 11.8 Å². The number of carbonyl (C=O) groups is 2. The minimum absolute atomic E-state index is 0.101. The van der Waals surface area contributed by atoms with E-state index in [4.69, 9.17) is 18.9 Å². The molecule has 4 aromatic carbocycles. The third-order valence-corrected chi connectivity index (χ3v) is 9.30. The Hall–Kier alpha value is -5.58. The first-order chi connectivity index (χ1) is 24.4. The first-order valence-corrected chi connectivity index (χ1v) is 15.8. The van der Waals surface area contributed by atoms with Crippen LogP contribution in [0.25, 0.3) is 0 Å².